The third-order valence-electron chi connectivity index (χ3n) is 4.63. The van der Waals surface area contributed by atoms with Crippen molar-refractivity contribution in [3.63, 3.8) is 0 Å². The summed E-state index contributed by atoms with van der Waals surface area (Å²) in [4.78, 5) is 60.1. The van der Waals surface area contributed by atoms with Crippen molar-refractivity contribution in [3.8, 4) is 0 Å². The average Bonchev–Trinajstić information content (AvgIpc) is 2.72. The highest BCUT2D eigenvalue weighted by Crippen LogP contribution is 2.07. The highest BCUT2D eigenvalue weighted by molar-refractivity contribution is 7.98. The zero-order chi connectivity index (χ0) is 25.6. The molecule has 0 bridgehead atoms. The van der Waals surface area contributed by atoms with E-state index in [0.29, 0.717) is 25.1 Å². The molecular formula is C19H36N6O7S. The predicted octanol–water partition coefficient (Wildman–Crippen LogP) is -3.01. The Kier molecular flexibility index (Phi) is 15.0. The van der Waals surface area contributed by atoms with Crippen LogP contribution in [0.2, 0.25) is 0 Å². The molecule has 190 valence electrons. The number of aliphatic hydroxyl groups is 1. The van der Waals surface area contributed by atoms with Gasteiger partial charge in [0.25, 0.3) is 0 Å². The van der Waals surface area contributed by atoms with E-state index >= 15 is 0 Å². The number of aliphatic carboxylic acids is 1. The minimum atomic E-state index is -1.56. The van der Waals surface area contributed by atoms with Crippen LogP contribution in [0.4, 0.5) is 0 Å². The molecule has 14 heteroatoms. The Morgan fingerprint density at radius 1 is 0.939 bits per heavy atom. The topological polar surface area (TPSA) is 240 Å². The Morgan fingerprint density at radius 2 is 1.48 bits per heavy atom. The van der Waals surface area contributed by atoms with Crippen LogP contribution in [0.25, 0.3) is 0 Å². The fourth-order valence-corrected chi connectivity index (χ4v) is 3.24. The fourth-order valence-electron chi connectivity index (χ4n) is 2.77. The van der Waals surface area contributed by atoms with Crippen LogP contribution in [-0.2, 0) is 24.0 Å². The Morgan fingerprint density at radius 3 is 1.97 bits per heavy atom. The van der Waals surface area contributed by atoms with Crippen LogP contribution in [0.3, 0.4) is 0 Å². The molecule has 5 atom stereocenters. The molecule has 0 aromatic carbocycles. The number of hydrogen-bond donors (Lipinski definition) is 8. The summed E-state index contributed by atoms with van der Waals surface area (Å²) < 4.78 is 0. The lowest BCUT2D eigenvalue weighted by Gasteiger charge is -2.25. The number of aliphatic hydroxyl groups excluding tert-OH is 1. The van der Waals surface area contributed by atoms with Crippen LogP contribution in [0.1, 0.15) is 39.0 Å². The zero-order valence-corrected chi connectivity index (χ0v) is 19.7. The number of primary amides is 1. The van der Waals surface area contributed by atoms with Gasteiger partial charge >= 0.3 is 5.97 Å². The third kappa shape index (κ3) is 12.4. The second kappa shape index (κ2) is 16.2. The molecule has 0 aliphatic heterocycles. The van der Waals surface area contributed by atoms with Crippen molar-refractivity contribution in [1.82, 2.24) is 16.0 Å². The van der Waals surface area contributed by atoms with Crippen LogP contribution < -0.4 is 33.2 Å². The molecule has 0 spiro atoms. The highest BCUT2D eigenvalue weighted by Gasteiger charge is 2.31. The number of carboxylic acid groups (broad SMARTS) is 1. The van der Waals surface area contributed by atoms with Gasteiger partial charge in [-0.1, -0.05) is 0 Å². The van der Waals surface area contributed by atoms with Crippen LogP contribution in [0.15, 0.2) is 0 Å². The molecule has 0 fully saturated rings. The largest absolute Gasteiger partial charge is 0.480 e. The van der Waals surface area contributed by atoms with Gasteiger partial charge in [0.05, 0.1) is 18.6 Å². The van der Waals surface area contributed by atoms with Crippen LogP contribution in [0.5, 0.6) is 0 Å². The third-order valence-corrected chi connectivity index (χ3v) is 5.27. The van der Waals surface area contributed by atoms with Crippen molar-refractivity contribution >= 4 is 41.4 Å². The molecule has 0 heterocycles. The Hall–Kier alpha value is -2.42. The van der Waals surface area contributed by atoms with E-state index in [4.69, 9.17) is 17.2 Å². The van der Waals surface area contributed by atoms with Crippen LogP contribution >= 0.6 is 11.8 Å². The van der Waals surface area contributed by atoms with Crippen molar-refractivity contribution in [1.29, 1.82) is 0 Å². The summed E-state index contributed by atoms with van der Waals surface area (Å²) >= 11 is 1.41. The first-order valence-electron chi connectivity index (χ1n) is 10.5. The van der Waals surface area contributed by atoms with E-state index in [1.807, 2.05) is 0 Å². The summed E-state index contributed by atoms with van der Waals surface area (Å²) in [6, 6.07) is -4.98. The van der Waals surface area contributed by atoms with Gasteiger partial charge in [0.2, 0.25) is 23.6 Å². The smallest absolute Gasteiger partial charge is 0.328 e. The van der Waals surface area contributed by atoms with Crippen molar-refractivity contribution in [2.24, 2.45) is 17.2 Å². The maximum atomic E-state index is 12.9. The summed E-state index contributed by atoms with van der Waals surface area (Å²) in [5.41, 5.74) is 16.2. The molecule has 5 unspecified atom stereocenters. The number of carbonyl (C=O) groups is 5. The average molecular weight is 493 g/mol. The lowest BCUT2D eigenvalue weighted by molar-refractivity contribution is -0.145. The van der Waals surface area contributed by atoms with E-state index < -0.39 is 66.3 Å². The second-order valence-electron chi connectivity index (χ2n) is 7.53. The van der Waals surface area contributed by atoms with E-state index in [9.17, 15) is 34.2 Å². The summed E-state index contributed by atoms with van der Waals surface area (Å²) in [5, 5.41) is 26.0. The van der Waals surface area contributed by atoms with Crippen molar-refractivity contribution in [2.45, 2.75) is 69.3 Å². The standard InChI is InChI=1S/C19H36N6O7S/c1-10(26)15(19(31)32)25-18(30)13(6-8-33-2)24-17(29)12(5-3-4-7-20)23-16(28)11(21)9-14(22)27/h10-13,15,26H,3-9,20-21H2,1-2H3,(H2,22,27)(H,23,28)(H,24,29)(H,25,30)(H,31,32). The van der Waals surface area contributed by atoms with E-state index in [1.165, 1.54) is 18.7 Å². The van der Waals surface area contributed by atoms with E-state index in [2.05, 4.69) is 16.0 Å². The Balaban J connectivity index is 5.46. The molecule has 0 saturated carbocycles. The van der Waals surface area contributed by atoms with Gasteiger partial charge in [0.15, 0.2) is 6.04 Å². The van der Waals surface area contributed by atoms with Gasteiger partial charge in [0, 0.05) is 0 Å². The Labute approximate surface area is 196 Å². The molecule has 0 aliphatic carbocycles. The molecule has 0 radical (unpaired) electrons. The van der Waals surface area contributed by atoms with Crippen LogP contribution in [0, 0.1) is 0 Å². The van der Waals surface area contributed by atoms with Gasteiger partial charge in [-0.15, -0.1) is 0 Å². The monoisotopic (exact) mass is 492 g/mol. The predicted molar refractivity (Wildman–Crippen MR) is 123 cm³/mol. The minimum absolute atomic E-state index is 0.176. The fraction of sp³-hybridized carbons (Fsp3) is 0.737. The number of carboxylic acids is 1. The quantitative estimate of drug-likeness (QED) is 0.0956. The van der Waals surface area contributed by atoms with Crippen LogP contribution in [-0.4, -0.2) is 88.6 Å². The number of amides is 4. The van der Waals surface area contributed by atoms with Crippen molar-refractivity contribution in [3.05, 3.63) is 0 Å². The SMILES string of the molecule is CSCCC(NC(=O)C(CCCCN)NC(=O)C(N)CC(N)=O)C(=O)NC(C(=O)O)C(C)O. The molecule has 11 N–H and O–H groups in total. The van der Waals surface area contributed by atoms with Gasteiger partial charge in [-0.3, -0.25) is 19.2 Å². The van der Waals surface area contributed by atoms with Crippen molar-refractivity contribution in [2.75, 3.05) is 18.6 Å². The maximum Gasteiger partial charge on any atom is 0.328 e. The highest BCUT2D eigenvalue weighted by atomic mass is 32.2. The van der Waals surface area contributed by atoms with E-state index in [-0.39, 0.29) is 12.8 Å². The summed E-state index contributed by atoms with van der Waals surface area (Å²) in [7, 11) is 0. The number of unbranched alkanes of at least 4 members (excludes halogenated alkanes) is 1. The summed E-state index contributed by atoms with van der Waals surface area (Å²) in [5.74, 6) is -3.96. The number of nitrogens with two attached hydrogens (primary N) is 3. The molecule has 0 rings (SSSR count). The molecule has 33 heavy (non-hydrogen) atoms. The first kappa shape index (κ1) is 30.6. The lowest BCUT2D eigenvalue weighted by atomic mass is 10.1. The number of hydrogen-bond acceptors (Lipinski definition) is 9. The molecule has 0 saturated heterocycles. The Bertz CT molecular complexity index is 679. The normalized spacial score (nSPS) is 15.4. The van der Waals surface area contributed by atoms with Gasteiger partial charge < -0.3 is 43.4 Å². The minimum Gasteiger partial charge on any atom is -0.480 e. The van der Waals surface area contributed by atoms with Gasteiger partial charge in [-0.25, -0.2) is 4.79 Å². The molecule has 4 amide bonds. The summed E-state index contributed by atoms with van der Waals surface area (Å²) in [6.07, 6.45) is 1.47. The van der Waals surface area contributed by atoms with E-state index in [0.717, 1.165) is 0 Å². The number of nitrogens with one attached hydrogen (secondary N) is 3. The second-order valence-corrected chi connectivity index (χ2v) is 8.52. The van der Waals surface area contributed by atoms with Gasteiger partial charge in [-0.2, -0.15) is 11.8 Å². The van der Waals surface area contributed by atoms with E-state index in [1.54, 1.807) is 6.26 Å². The first-order valence-corrected chi connectivity index (χ1v) is 11.9. The lowest BCUT2D eigenvalue weighted by Crippen LogP contribution is -2.58. The zero-order valence-electron chi connectivity index (χ0n) is 18.9. The molecular weight excluding hydrogens is 456 g/mol. The molecule has 0 aromatic rings. The maximum absolute atomic E-state index is 12.9. The summed E-state index contributed by atoms with van der Waals surface area (Å²) in [6.45, 7) is 1.59. The molecule has 13 nitrogen and oxygen atoms in total. The molecule has 0 aromatic heterocycles. The van der Waals surface area contributed by atoms with Crippen molar-refractivity contribution < 1.29 is 34.2 Å². The first-order chi connectivity index (χ1) is 15.4. The number of thioether (sulfide) groups is 1. The number of rotatable bonds is 17. The number of carbonyl (C=O) groups excluding carboxylic acids is 4. The molecule has 0 aliphatic rings. The van der Waals surface area contributed by atoms with Gasteiger partial charge in [0.1, 0.15) is 12.1 Å². The van der Waals surface area contributed by atoms with Gasteiger partial charge in [-0.05, 0) is 51.2 Å².